The number of primary amides is 1. The Balaban J connectivity index is 4.45. The van der Waals surface area contributed by atoms with Crippen molar-refractivity contribution in [1.82, 2.24) is 10.2 Å². The molecule has 4 N–H and O–H groups in total. The minimum Gasteiger partial charge on any atom is -0.480 e. The molecule has 0 heterocycles. The molecule has 7 nitrogen and oxygen atoms in total. The molecule has 0 aliphatic rings. The van der Waals surface area contributed by atoms with E-state index in [1.54, 1.807) is 13.0 Å². The van der Waals surface area contributed by atoms with Crippen LogP contribution in [0.4, 0.5) is 4.79 Å². The second kappa shape index (κ2) is 7.26. The quantitative estimate of drug-likeness (QED) is 0.525. The zero-order valence-electron chi connectivity index (χ0n) is 9.68. The Morgan fingerprint density at radius 3 is 2.47 bits per heavy atom. The molecule has 0 bridgehead atoms. The van der Waals surface area contributed by atoms with E-state index in [1.807, 2.05) is 0 Å². The van der Waals surface area contributed by atoms with Gasteiger partial charge in [-0.25, -0.2) is 4.79 Å². The third-order valence-corrected chi connectivity index (χ3v) is 1.85. The molecule has 96 valence electrons. The van der Waals surface area contributed by atoms with E-state index < -0.39 is 31.0 Å². The van der Waals surface area contributed by atoms with Crippen LogP contribution in [0.1, 0.15) is 13.3 Å². The maximum absolute atomic E-state index is 11.6. The summed E-state index contributed by atoms with van der Waals surface area (Å²) in [5, 5.41) is 11.1. The Morgan fingerprint density at radius 1 is 1.47 bits per heavy atom. The number of aliphatic carboxylic acids is 1. The molecule has 1 atom stereocenters. The highest BCUT2D eigenvalue weighted by Crippen LogP contribution is 1.95. The first-order valence-corrected chi connectivity index (χ1v) is 5.03. The fourth-order valence-corrected chi connectivity index (χ4v) is 1.16. The average Bonchev–Trinajstić information content (AvgIpc) is 2.15. The predicted octanol–water partition coefficient (Wildman–Crippen LogP) is -0.467. The second-order valence-corrected chi connectivity index (χ2v) is 3.59. The van der Waals surface area contributed by atoms with Gasteiger partial charge in [0.15, 0.2) is 0 Å². The van der Waals surface area contributed by atoms with Crippen molar-refractivity contribution in [3.8, 4) is 0 Å². The number of carbonyl (C=O) groups excluding carboxylic acids is 2. The molecule has 0 aromatic rings. The van der Waals surface area contributed by atoms with Crippen LogP contribution in [0.15, 0.2) is 12.7 Å². The Labute approximate surface area is 99.3 Å². The molecule has 0 saturated heterocycles. The highest BCUT2D eigenvalue weighted by molar-refractivity contribution is 5.86. The first-order valence-electron chi connectivity index (χ1n) is 5.03. The lowest BCUT2D eigenvalue weighted by Gasteiger charge is -2.22. The molecule has 0 aromatic carbocycles. The molecule has 0 fully saturated rings. The maximum atomic E-state index is 11.6. The van der Waals surface area contributed by atoms with Gasteiger partial charge in [-0.1, -0.05) is 6.08 Å². The molecule has 17 heavy (non-hydrogen) atoms. The molecule has 0 aromatic heterocycles. The summed E-state index contributed by atoms with van der Waals surface area (Å²) in [5.74, 6) is -1.98. The summed E-state index contributed by atoms with van der Waals surface area (Å²) < 4.78 is 0. The molecular formula is C10H17N3O4. The van der Waals surface area contributed by atoms with Crippen molar-refractivity contribution in [1.29, 1.82) is 0 Å². The van der Waals surface area contributed by atoms with E-state index in [0.29, 0.717) is 6.42 Å². The maximum Gasteiger partial charge on any atom is 0.323 e. The zero-order valence-corrected chi connectivity index (χ0v) is 9.68. The van der Waals surface area contributed by atoms with E-state index in [2.05, 4.69) is 11.9 Å². The molecule has 0 aliphatic heterocycles. The number of hydrogen-bond acceptors (Lipinski definition) is 3. The van der Waals surface area contributed by atoms with Gasteiger partial charge in [-0.15, -0.1) is 6.58 Å². The summed E-state index contributed by atoms with van der Waals surface area (Å²) in [6.07, 6.45) is 2.17. The summed E-state index contributed by atoms with van der Waals surface area (Å²) in [6, 6.07) is -0.829. The lowest BCUT2D eigenvalue weighted by atomic mass is 10.2. The number of nitrogens with zero attached hydrogens (tertiary/aromatic N) is 1. The molecule has 3 amide bonds. The number of rotatable bonds is 7. The van der Waals surface area contributed by atoms with Gasteiger partial charge in [-0.05, 0) is 13.3 Å². The number of nitrogens with two attached hydrogens (primary N) is 1. The highest BCUT2D eigenvalue weighted by atomic mass is 16.4. The number of hydrogen-bond donors (Lipinski definition) is 3. The number of nitrogens with one attached hydrogen (secondary N) is 1. The van der Waals surface area contributed by atoms with Gasteiger partial charge in [0.2, 0.25) is 5.91 Å². The highest BCUT2D eigenvalue weighted by Gasteiger charge is 2.19. The molecule has 7 heteroatoms. The Hall–Kier alpha value is -2.05. The van der Waals surface area contributed by atoms with Crippen LogP contribution in [0.2, 0.25) is 0 Å². The van der Waals surface area contributed by atoms with Gasteiger partial charge in [0, 0.05) is 6.04 Å². The van der Waals surface area contributed by atoms with Crippen LogP contribution in [0.3, 0.4) is 0 Å². The molecular weight excluding hydrogens is 226 g/mol. The van der Waals surface area contributed by atoms with Crippen LogP contribution in [0.5, 0.6) is 0 Å². The third-order valence-electron chi connectivity index (χ3n) is 1.85. The number of amides is 3. The standard InChI is InChI=1S/C10H17N3O4/c1-3-4-7(2)12-10(17)13(5-8(11)14)6-9(15)16/h3,7H,1,4-6H2,2H3,(H2,11,14)(H,12,17)(H,15,16). The minimum absolute atomic E-state index is 0.191. The van der Waals surface area contributed by atoms with E-state index in [9.17, 15) is 14.4 Å². The molecule has 0 spiro atoms. The fraction of sp³-hybridized carbons (Fsp3) is 0.500. The van der Waals surface area contributed by atoms with E-state index in [1.165, 1.54) is 0 Å². The number of carboxylic acids is 1. The van der Waals surface area contributed by atoms with Gasteiger partial charge < -0.3 is 21.1 Å². The molecule has 0 radical (unpaired) electrons. The predicted molar refractivity (Wildman–Crippen MR) is 61.2 cm³/mol. The van der Waals surface area contributed by atoms with Crippen molar-refractivity contribution in [2.75, 3.05) is 13.1 Å². The van der Waals surface area contributed by atoms with Crippen molar-refractivity contribution < 1.29 is 19.5 Å². The van der Waals surface area contributed by atoms with Gasteiger partial charge in [0.25, 0.3) is 0 Å². The third kappa shape index (κ3) is 6.93. The summed E-state index contributed by atoms with van der Waals surface area (Å²) in [6.45, 7) is 4.25. The normalized spacial score (nSPS) is 11.4. The summed E-state index contributed by atoms with van der Waals surface area (Å²) in [5.41, 5.74) is 4.93. The Kier molecular flexibility index (Phi) is 6.39. The topological polar surface area (TPSA) is 113 Å². The molecule has 0 aliphatic carbocycles. The van der Waals surface area contributed by atoms with E-state index >= 15 is 0 Å². The monoisotopic (exact) mass is 243 g/mol. The van der Waals surface area contributed by atoms with Gasteiger partial charge in [0.1, 0.15) is 13.1 Å². The second-order valence-electron chi connectivity index (χ2n) is 3.59. The largest absolute Gasteiger partial charge is 0.480 e. The van der Waals surface area contributed by atoms with Crippen molar-refractivity contribution in [2.24, 2.45) is 5.73 Å². The average molecular weight is 243 g/mol. The van der Waals surface area contributed by atoms with Crippen LogP contribution >= 0.6 is 0 Å². The first-order chi connectivity index (χ1) is 7.86. The molecule has 1 unspecified atom stereocenters. The van der Waals surface area contributed by atoms with Crippen molar-refractivity contribution in [3.05, 3.63) is 12.7 Å². The molecule has 0 saturated carbocycles. The smallest absolute Gasteiger partial charge is 0.323 e. The SMILES string of the molecule is C=CCC(C)NC(=O)N(CC(N)=O)CC(=O)O. The minimum atomic E-state index is -1.21. The van der Waals surface area contributed by atoms with Gasteiger partial charge in [0.05, 0.1) is 0 Å². The van der Waals surface area contributed by atoms with Crippen LogP contribution in [0, 0.1) is 0 Å². The van der Waals surface area contributed by atoms with Gasteiger partial charge in [-0.3, -0.25) is 9.59 Å². The van der Waals surface area contributed by atoms with Crippen LogP contribution < -0.4 is 11.1 Å². The van der Waals surface area contributed by atoms with Crippen molar-refractivity contribution >= 4 is 17.9 Å². The Bertz CT molecular complexity index is 301. The summed E-state index contributed by atoms with van der Waals surface area (Å²) in [4.78, 5) is 33.7. The van der Waals surface area contributed by atoms with Crippen molar-refractivity contribution in [2.45, 2.75) is 19.4 Å². The van der Waals surface area contributed by atoms with Gasteiger partial charge >= 0.3 is 12.0 Å². The lowest BCUT2D eigenvalue weighted by Crippen LogP contribution is -2.48. The van der Waals surface area contributed by atoms with Crippen molar-refractivity contribution in [3.63, 3.8) is 0 Å². The van der Waals surface area contributed by atoms with Crippen LogP contribution in [0.25, 0.3) is 0 Å². The van der Waals surface area contributed by atoms with Crippen LogP contribution in [-0.4, -0.2) is 47.0 Å². The number of urea groups is 1. The summed E-state index contributed by atoms with van der Waals surface area (Å²) >= 11 is 0. The molecule has 0 rings (SSSR count). The van der Waals surface area contributed by atoms with E-state index in [4.69, 9.17) is 10.8 Å². The van der Waals surface area contributed by atoms with E-state index in [0.717, 1.165) is 4.90 Å². The van der Waals surface area contributed by atoms with Crippen LogP contribution in [-0.2, 0) is 9.59 Å². The van der Waals surface area contributed by atoms with E-state index in [-0.39, 0.29) is 6.04 Å². The Morgan fingerprint density at radius 2 is 2.06 bits per heavy atom. The first kappa shape index (κ1) is 14.9. The zero-order chi connectivity index (χ0) is 13.4. The summed E-state index contributed by atoms with van der Waals surface area (Å²) in [7, 11) is 0. The number of carboxylic acid groups (broad SMARTS) is 1. The lowest BCUT2D eigenvalue weighted by molar-refractivity contribution is -0.137. The number of carbonyl (C=O) groups is 3. The van der Waals surface area contributed by atoms with Gasteiger partial charge in [-0.2, -0.15) is 0 Å². The fourth-order valence-electron chi connectivity index (χ4n) is 1.16.